The molecule has 2 N–H and O–H groups in total. The van der Waals surface area contributed by atoms with Crippen molar-refractivity contribution < 1.29 is 5.11 Å². The van der Waals surface area contributed by atoms with Gasteiger partial charge in [0.15, 0.2) is 0 Å². The Morgan fingerprint density at radius 1 is 1.03 bits per heavy atom. The number of likely N-dealkylation sites (tertiary alicyclic amines) is 1. The molecule has 186 valence electrons. The molecule has 1 fully saturated rings. The van der Waals surface area contributed by atoms with Gasteiger partial charge in [-0.3, -0.25) is 4.90 Å². The van der Waals surface area contributed by atoms with Gasteiger partial charge in [-0.25, -0.2) is 9.97 Å². The molecule has 6 rings (SSSR count). The maximum absolute atomic E-state index is 10.7. The van der Waals surface area contributed by atoms with Gasteiger partial charge in [-0.2, -0.15) is 0 Å². The second-order valence-electron chi connectivity index (χ2n) is 10.3. The Bertz CT molecular complexity index is 1350. The lowest BCUT2D eigenvalue weighted by Crippen LogP contribution is -2.39. The van der Waals surface area contributed by atoms with E-state index in [1.165, 1.54) is 16.6 Å². The van der Waals surface area contributed by atoms with E-state index in [0.717, 1.165) is 61.5 Å². The van der Waals surface area contributed by atoms with Crippen molar-refractivity contribution in [3.63, 3.8) is 0 Å². The summed E-state index contributed by atoms with van der Waals surface area (Å²) in [5, 5.41) is 14.0. The smallest absolute Gasteiger partial charge is 0.126 e. The number of rotatable bonds is 7. The monoisotopic (exact) mass is 482 g/mol. The summed E-state index contributed by atoms with van der Waals surface area (Å²) >= 11 is 0. The molecule has 4 heterocycles. The van der Waals surface area contributed by atoms with Gasteiger partial charge in [0.1, 0.15) is 5.82 Å². The van der Waals surface area contributed by atoms with Crippen LogP contribution < -0.4 is 5.32 Å². The van der Waals surface area contributed by atoms with E-state index in [0.29, 0.717) is 19.1 Å². The van der Waals surface area contributed by atoms with Crippen LogP contribution in [0.4, 0.5) is 5.82 Å². The van der Waals surface area contributed by atoms with E-state index in [4.69, 9.17) is 0 Å². The van der Waals surface area contributed by atoms with Crippen LogP contribution in [0.25, 0.3) is 22.2 Å². The molecule has 0 spiro atoms. The van der Waals surface area contributed by atoms with Crippen molar-refractivity contribution in [2.45, 2.75) is 31.5 Å². The molecule has 2 aromatic carbocycles. The maximum Gasteiger partial charge on any atom is 0.126 e. The summed E-state index contributed by atoms with van der Waals surface area (Å²) in [7, 11) is 2.18. The van der Waals surface area contributed by atoms with Crippen molar-refractivity contribution >= 4 is 16.9 Å². The Morgan fingerprint density at radius 3 is 2.75 bits per heavy atom. The molecular formula is C29H34N6O. The highest BCUT2D eigenvalue weighted by Gasteiger charge is 2.22. The average molecular weight is 483 g/mol. The number of benzene rings is 2. The summed E-state index contributed by atoms with van der Waals surface area (Å²) < 4.78 is 2.33. The lowest BCUT2D eigenvalue weighted by Gasteiger charge is -2.30. The summed E-state index contributed by atoms with van der Waals surface area (Å²) in [4.78, 5) is 13.8. The van der Waals surface area contributed by atoms with Crippen LogP contribution in [0.2, 0.25) is 0 Å². The summed E-state index contributed by atoms with van der Waals surface area (Å²) in [6.07, 6.45) is 5.55. The number of pyridine rings is 1. The van der Waals surface area contributed by atoms with Crippen molar-refractivity contribution in [3.8, 4) is 11.1 Å². The van der Waals surface area contributed by atoms with E-state index in [9.17, 15) is 5.11 Å². The fourth-order valence-electron chi connectivity index (χ4n) is 5.64. The van der Waals surface area contributed by atoms with Crippen LogP contribution in [0.5, 0.6) is 0 Å². The number of aromatic nitrogens is 3. The van der Waals surface area contributed by atoms with Gasteiger partial charge < -0.3 is 19.9 Å². The number of nitrogens with one attached hydrogen (secondary N) is 1. The molecule has 4 aromatic rings. The Morgan fingerprint density at radius 2 is 1.89 bits per heavy atom. The van der Waals surface area contributed by atoms with Crippen LogP contribution in [-0.4, -0.2) is 75.3 Å². The molecule has 2 atom stereocenters. The molecule has 7 heteroatoms. The summed E-state index contributed by atoms with van der Waals surface area (Å²) in [5.74, 6) is 0.779. The molecule has 0 bridgehead atoms. The second kappa shape index (κ2) is 10.0. The molecule has 2 aliphatic heterocycles. The van der Waals surface area contributed by atoms with E-state index in [-0.39, 0.29) is 0 Å². The number of nitrogens with zero attached hydrogens (tertiary/aromatic N) is 5. The largest absolute Gasteiger partial charge is 0.390 e. The van der Waals surface area contributed by atoms with Crippen LogP contribution in [0, 0.1) is 0 Å². The number of aliphatic hydroxyl groups excluding tert-OH is 1. The maximum atomic E-state index is 10.7. The molecule has 2 aromatic heterocycles. The number of imidazole rings is 1. The number of fused-ring (bicyclic) bond motifs is 2. The number of hydrogen-bond acceptors (Lipinski definition) is 6. The van der Waals surface area contributed by atoms with Crippen molar-refractivity contribution in [3.05, 3.63) is 78.2 Å². The molecular weight excluding hydrogens is 448 g/mol. The molecule has 36 heavy (non-hydrogen) atoms. The van der Waals surface area contributed by atoms with E-state index >= 15 is 0 Å². The third-order valence-electron chi connectivity index (χ3n) is 7.63. The van der Waals surface area contributed by atoms with Gasteiger partial charge in [0.05, 0.1) is 23.5 Å². The van der Waals surface area contributed by atoms with Crippen LogP contribution in [-0.2, 0) is 13.0 Å². The summed E-state index contributed by atoms with van der Waals surface area (Å²) in [5.41, 5.74) is 7.26. The zero-order valence-corrected chi connectivity index (χ0v) is 20.8. The SMILES string of the molecule is CN1CCC(n2cnc3ccc(-c4ccnc(NCC(O)CN5CCc6ccccc6C5)c4)cc32)C1. The van der Waals surface area contributed by atoms with Gasteiger partial charge >= 0.3 is 0 Å². The molecule has 2 unspecified atom stereocenters. The summed E-state index contributed by atoms with van der Waals surface area (Å²) in [6, 6.07) is 19.7. The lowest BCUT2D eigenvalue weighted by molar-refractivity contribution is 0.114. The first-order chi connectivity index (χ1) is 17.6. The number of β-amino-alcohol motifs (C(OH)–C–C–N with tert-alkyl or cyclic N) is 1. The molecule has 1 saturated heterocycles. The van der Waals surface area contributed by atoms with E-state index in [1.807, 2.05) is 18.6 Å². The van der Waals surface area contributed by atoms with E-state index in [1.54, 1.807) is 0 Å². The zero-order valence-electron chi connectivity index (χ0n) is 20.8. The van der Waals surface area contributed by atoms with Crippen LogP contribution in [0.3, 0.4) is 0 Å². The van der Waals surface area contributed by atoms with Crippen molar-refractivity contribution in [1.29, 1.82) is 0 Å². The zero-order chi connectivity index (χ0) is 24.5. The van der Waals surface area contributed by atoms with Crippen molar-refractivity contribution in [1.82, 2.24) is 24.3 Å². The van der Waals surface area contributed by atoms with Gasteiger partial charge in [-0.1, -0.05) is 30.3 Å². The Kier molecular flexibility index (Phi) is 6.44. The van der Waals surface area contributed by atoms with E-state index < -0.39 is 6.10 Å². The van der Waals surface area contributed by atoms with Crippen LogP contribution >= 0.6 is 0 Å². The third kappa shape index (κ3) is 4.87. The highest BCUT2D eigenvalue weighted by Crippen LogP contribution is 2.29. The lowest BCUT2D eigenvalue weighted by atomic mass is 10.00. The first kappa shape index (κ1) is 23.2. The minimum absolute atomic E-state index is 0.462. The third-order valence-corrected chi connectivity index (χ3v) is 7.63. The number of hydrogen-bond donors (Lipinski definition) is 2. The molecule has 7 nitrogen and oxygen atoms in total. The van der Waals surface area contributed by atoms with Gasteiger partial charge in [-0.15, -0.1) is 0 Å². The molecule has 0 aliphatic carbocycles. The molecule has 2 aliphatic rings. The predicted molar refractivity (Wildman–Crippen MR) is 144 cm³/mol. The van der Waals surface area contributed by atoms with Crippen molar-refractivity contribution in [2.24, 2.45) is 0 Å². The molecule has 0 saturated carbocycles. The Hall–Kier alpha value is -3.26. The highest BCUT2D eigenvalue weighted by atomic mass is 16.3. The van der Waals surface area contributed by atoms with Crippen LogP contribution in [0.15, 0.2) is 67.1 Å². The Labute approximate surface area is 212 Å². The fourth-order valence-corrected chi connectivity index (χ4v) is 5.64. The van der Waals surface area contributed by atoms with E-state index in [2.05, 4.69) is 85.2 Å². The topological polar surface area (TPSA) is 69.5 Å². The minimum Gasteiger partial charge on any atom is -0.390 e. The average Bonchev–Trinajstić information content (AvgIpc) is 3.53. The molecule has 0 amide bonds. The number of likely N-dealkylation sites (N-methyl/N-ethyl adjacent to an activating group) is 1. The normalized spacial score (nSPS) is 19.4. The Balaban J connectivity index is 1.11. The van der Waals surface area contributed by atoms with Gasteiger partial charge in [-0.05, 0) is 73.0 Å². The first-order valence-electron chi connectivity index (χ1n) is 12.9. The van der Waals surface area contributed by atoms with Gasteiger partial charge in [0.25, 0.3) is 0 Å². The van der Waals surface area contributed by atoms with Gasteiger partial charge in [0, 0.05) is 45.0 Å². The predicted octanol–water partition coefficient (Wildman–Crippen LogP) is 3.81. The number of aliphatic hydroxyl groups is 1. The van der Waals surface area contributed by atoms with Crippen LogP contribution in [0.1, 0.15) is 23.6 Å². The minimum atomic E-state index is -0.462. The second-order valence-corrected chi connectivity index (χ2v) is 10.3. The summed E-state index contributed by atoms with van der Waals surface area (Å²) in [6.45, 7) is 5.19. The van der Waals surface area contributed by atoms with Gasteiger partial charge in [0.2, 0.25) is 0 Å². The quantitative estimate of drug-likeness (QED) is 0.418. The number of anilines is 1. The molecule has 0 radical (unpaired) electrons. The fraction of sp³-hybridized carbons (Fsp3) is 0.379. The first-order valence-corrected chi connectivity index (χ1v) is 12.9. The van der Waals surface area contributed by atoms with Crippen molar-refractivity contribution in [2.75, 3.05) is 45.1 Å². The standard InChI is InChI=1S/C29H34N6O/c1-33-12-10-25(18-33)35-20-32-27-7-6-22(14-28(27)35)23-8-11-30-29(15-23)31-16-26(36)19-34-13-9-21-4-2-3-5-24(21)17-34/h2-8,11,14-15,20,25-26,36H,9-10,12-13,16-19H2,1H3,(H,30,31). The highest BCUT2D eigenvalue weighted by molar-refractivity contribution is 5.82.